The molecule has 0 atom stereocenters. The fourth-order valence-electron chi connectivity index (χ4n) is 3.02. The summed E-state index contributed by atoms with van der Waals surface area (Å²) in [7, 11) is 0. The number of hydrogen-bond donors (Lipinski definition) is 3. The van der Waals surface area contributed by atoms with Crippen molar-refractivity contribution in [2.75, 3.05) is 35.2 Å². The number of aliphatic hydroxyl groups excluding tert-OH is 1. The molecule has 0 bridgehead atoms. The van der Waals surface area contributed by atoms with Crippen molar-refractivity contribution in [3.63, 3.8) is 0 Å². The summed E-state index contributed by atoms with van der Waals surface area (Å²) >= 11 is 0. The monoisotopic (exact) mass is 339 g/mol. The molecule has 0 spiro atoms. The summed E-state index contributed by atoms with van der Waals surface area (Å²) in [5.41, 5.74) is 3.99. The lowest BCUT2D eigenvalue weighted by atomic mass is 10.1. The number of para-hydroxylation sites is 2. The molecule has 1 fully saturated rings. The lowest BCUT2D eigenvalue weighted by Gasteiger charge is -2.32. The van der Waals surface area contributed by atoms with Crippen LogP contribution in [0.25, 0.3) is 0 Å². The zero-order valence-electron chi connectivity index (χ0n) is 14.5. The molecule has 1 amide bonds. The van der Waals surface area contributed by atoms with Crippen molar-refractivity contribution in [2.24, 2.45) is 0 Å². The Balaban J connectivity index is 1.59. The fourth-order valence-corrected chi connectivity index (χ4v) is 3.02. The highest BCUT2D eigenvalue weighted by Gasteiger charge is 2.19. The molecule has 3 N–H and O–H groups in total. The molecule has 1 saturated heterocycles. The van der Waals surface area contributed by atoms with Gasteiger partial charge < -0.3 is 20.6 Å². The van der Waals surface area contributed by atoms with Gasteiger partial charge in [0.05, 0.1) is 24.0 Å². The zero-order valence-corrected chi connectivity index (χ0v) is 14.5. The molecule has 0 saturated carbocycles. The van der Waals surface area contributed by atoms with Gasteiger partial charge in [-0.3, -0.25) is 4.79 Å². The zero-order chi connectivity index (χ0) is 17.6. The van der Waals surface area contributed by atoms with Crippen LogP contribution in [0.15, 0.2) is 48.5 Å². The van der Waals surface area contributed by atoms with Gasteiger partial charge in [0.1, 0.15) is 0 Å². The largest absolute Gasteiger partial charge is 0.393 e. The Kier molecular flexibility index (Phi) is 5.56. The van der Waals surface area contributed by atoms with Crippen LogP contribution in [-0.4, -0.2) is 36.8 Å². The van der Waals surface area contributed by atoms with Crippen molar-refractivity contribution in [1.82, 2.24) is 0 Å². The van der Waals surface area contributed by atoms with E-state index < -0.39 is 0 Å². The van der Waals surface area contributed by atoms with Crippen LogP contribution >= 0.6 is 0 Å². The van der Waals surface area contributed by atoms with Crippen LogP contribution in [0.5, 0.6) is 0 Å². The molecule has 0 aromatic heterocycles. The molecule has 3 rings (SSSR count). The Labute approximate surface area is 148 Å². The Bertz CT molecular complexity index is 707. The first-order valence-corrected chi connectivity index (χ1v) is 8.74. The number of rotatable bonds is 5. The number of anilines is 3. The maximum absolute atomic E-state index is 12.2. The smallest absolute Gasteiger partial charge is 0.243 e. The molecule has 1 aliphatic rings. The molecule has 0 radical (unpaired) electrons. The predicted octanol–water partition coefficient (Wildman–Crippen LogP) is 3.01. The minimum Gasteiger partial charge on any atom is -0.393 e. The van der Waals surface area contributed by atoms with Crippen molar-refractivity contribution in [2.45, 2.75) is 25.9 Å². The Hall–Kier alpha value is -2.53. The number of nitrogens with one attached hydrogen (secondary N) is 2. The fraction of sp³-hybridized carbons (Fsp3) is 0.350. The van der Waals surface area contributed by atoms with Crippen molar-refractivity contribution >= 4 is 23.0 Å². The highest BCUT2D eigenvalue weighted by Crippen LogP contribution is 2.28. The number of carbonyl (C=O) groups excluding carboxylic acids is 1. The SMILES string of the molecule is Cc1ccc(NC(=O)CNc2ccccc2N2CCC(O)CC2)cc1. The lowest BCUT2D eigenvalue weighted by Crippen LogP contribution is -2.36. The second-order valence-corrected chi connectivity index (χ2v) is 6.50. The third-order valence-electron chi connectivity index (χ3n) is 4.48. The summed E-state index contributed by atoms with van der Waals surface area (Å²) in [6.07, 6.45) is 1.36. The van der Waals surface area contributed by atoms with Crippen LogP contribution in [0.2, 0.25) is 0 Å². The van der Waals surface area contributed by atoms with Crippen LogP contribution in [0.1, 0.15) is 18.4 Å². The predicted molar refractivity (Wildman–Crippen MR) is 102 cm³/mol. The van der Waals surface area contributed by atoms with Crippen molar-refractivity contribution in [1.29, 1.82) is 0 Å². The van der Waals surface area contributed by atoms with Crippen LogP contribution in [0.3, 0.4) is 0 Å². The number of aliphatic hydroxyl groups is 1. The molecule has 5 heteroatoms. The van der Waals surface area contributed by atoms with Gasteiger partial charge in [-0.15, -0.1) is 0 Å². The Morgan fingerprint density at radius 3 is 2.52 bits per heavy atom. The molecular formula is C20H25N3O2. The normalized spacial score (nSPS) is 15.0. The van der Waals surface area contributed by atoms with Gasteiger partial charge in [0.25, 0.3) is 0 Å². The minimum atomic E-state index is -0.198. The number of hydrogen-bond acceptors (Lipinski definition) is 4. The molecule has 2 aromatic carbocycles. The van der Waals surface area contributed by atoms with E-state index in [2.05, 4.69) is 21.6 Å². The number of carbonyl (C=O) groups is 1. The molecule has 5 nitrogen and oxygen atoms in total. The van der Waals surface area contributed by atoms with E-state index in [1.807, 2.05) is 49.4 Å². The standard InChI is InChI=1S/C20H25N3O2/c1-15-6-8-16(9-7-15)22-20(25)14-21-18-4-2-3-5-19(18)23-12-10-17(24)11-13-23/h2-9,17,21,24H,10-14H2,1H3,(H,22,25). The number of benzene rings is 2. The summed E-state index contributed by atoms with van der Waals surface area (Å²) in [5, 5.41) is 15.8. The van der Waals surface area contributed by atoms with E-state index in [1.165, 1.54) is 0 Å². The van der Waals surface area contributed by atoms with Gasteiger partial charge in [0.2, 0.25) is 5.91 Å². The number of amides is 1. The summed E-state index contributed by atoms with van der Waals surface area (Å²) in [4.78, 5) is 14.4. The average Bonchev–Trinajstić information content (AvgIpc) is 2.63. The summed E-state index contributed by atoms with van der Waals surface area (Å²) < 4.78 is 0. The highest BCUT2D eigenvalue weighted by atomic mass is 16.3. The van der Waals surface area contributed by atoms with Gasteiger partial charge in [-0.1, -0.05) is 29.8 Å². The van der Waals surface area contributed by atoms with E-state index in [0.717, 1.165) is 48.6 Å². The van der Waals surface area contributed by atoms with E-state index in [-0.39, 0.29) is 18.6 Å². The third-order valence-corrected chi connectivity index (χ3v) is 4.48. The third kappa shape index (κ3) is 4.73. The van der Waals surface area contributed by atoms with E-state index in [0.29, 0.717) is 0 Å². The van der Waals surface area contributed by atoms with E-state index in [1.54, 1.807) is 0 Å². The molecule has 132 valence electrons. The second-order valence-electron chi connectivity index (χ2n) is 6.50. The first-order chi connectivity index (χ1) is 12.1. The topological polar surface area (TPSA) is 64.6 Å². The van der Waals surface area contributed by atoms with Gasteiger partial charge in [-0.2, -0.15) is 0 Å². The van der Waals surface area contributed by atoms with Gasteiger partial charge in [-0.25, -0.2) is 0 Å². The number of nitrogens with zero attached hydrogens (tertiary/aromatic N) is 1. The van der Waals surface area contributed by atoms with Gasteiger partial charge in [0, 0.05) is 18.8 Å². The van der Waals surface area contributed by atoms with E-state index >= 15 is 0 Å². The summed E-state index contributed by atoms with van der Waals surface area (Å²) in [6, 6.07) is 15.8. The molecule has 0 unspecified atom stereocenters. The Morgan fingerprint density at radius 1 is 1.12 bits per heavy atom. The second kappa shape index (κ2) is 8.03. The molecule has 25 heavy (non-hydrogen) atoms. The summed E-state index contributed by atoms with van der Waals surface area (Å²) in [6.45, 7) is 3.88. The van der Waals surface area contributed by atoms with Crippen molar-refractivity contribution in [3.8, 4) is 0 Å². The highest BCUT2D eigenvalue weighted by molar-refractivity contribution is 5.94. The van der Waals surface area contributed by atoms with Crippen LogP contribution in [0.4, 0.5) is 17.1 Å². The van der Waals surface area contributed by atoms with E-state index in [9.17, 15) is 9.90 Å². The first-order valence-electron chi connectivity index (χ1n) is 8.74. The Morgan fingerprint density at radius 2 is 1.80 bits per heavy atom. The quantitative estimate of drug-likeness (QED) is 0.783. The number of piperidine rings is 1. The first kappa shape index (κ1) is 17.3. The van der Waals surface area contributed by atoms with Crippen molar-refractivity contribution in [3.05, 3.63) is 54.1 Å². The maximum atomic E-state index is 12.2. The van der Waals surface area contributed by atoms with Gasteiger partial charge in [-0.05, 0) is 44.0 Å². The average molecular weight is 339 g/mol. The van der Waals surface area contributed by atoms with Crippen molar-refractivity contribution < 1.29 is 9.90 Å². The van der Waals surface area contributed by atoms with Crippen LogP contribution in [-0.2, 0) is 4.79 Å². The minimum absolute atomic E-state index is 0.0762. The van der Waals surface area contributed by atoms with Gasteiger partial charge in [0.15, 0.2) is 0 Å². The molecule has 0 aliphatic carbocycles. The lowest BCUT2D eigenvalue weighted by molar-refractivity contribution is -0.114. The van der Waals surface area contributed by atoms with Crippen LogP contribution < -0.4 is 15.5 Å². The number of aryl methyl sites for hydroxylation is 1. The molecule has 2 aromatic rings. The maximum Gasteiger partial charge on any atom is 0.243 e. The summed E-state index contributed by atoms with van der Waals surface area (Å²) in [5.74, 6) is -0.0762. The van der Waals surface area contributed by atoms with Gasteiger partial charge >= 0.3 is 0 Å². The molecular weight excluding hydrogens is 314 g/mol. The molecule has 1 heterocycles. The van der Waals surface area contributed by atoms with Crippen LogP contribution in [0, 0.1) is 6.92 Å². The van der Waals surface area contributed by atoms with E-state index in [4.69, 9.17) is 0 Å². The molecule has 1 aliphatic heterocycles.